The van der Waals surface area contributed by atoms with Crippen LogP contribution in [0.1, 0.15) is 54.8 Å². The number of esters is 2. The van der Waals surface area contributed by atoms with E-state index in [1.165, 1.54) is 0 Å². The highest BCUT2D eigenvalue weighted by molar-refractivity contribution is 5.92. The van der Waals surface area contributed by atoms with Crippen LogP contribution in [0.5, 0.6) is 11.5 Å². The highest BCUT2D eigenvalue weighted by Gasteiger charge is 2.12. The molecule has 2 aromatic rings. The summed E-state index contributed by atoms with van der Waals surface area (Å²) in [5.74, 6) is 0.949. The molecule has 0 saturated heterocycles. The molecule has 0 aliphatic carbocycles. The van der Waals surface area contributed by atoms with Gasteiger partial charge in [0, 0.05) is 0 Å². The van der Waals surface area contributed by atoms with Gasteiger partial charge in [-0.2, -0.15) is 0 Å². The zero-order valence-corrected chi connectivity index (χ0v) is 16.9. The van der Waals surface area contributed by atoms with E-state index in [2.05, 4.69) is 13.8 Å². The van der Waals surface area contributed by atoms with Gasteiger partial charge in [-0.05, 0) is 60.7 Å². The Hall–Kier alpha value is -2.82. The van der Waals surface area contributed by atoms with Crippen molar-refractivity contribution in [2.24, 2.45) is 11.8 Å². The van der Waals surface area contributed by atoms with Gasteiger partial charge >= 0.3 is 11.9 Å². The molecule has 0 amide bonds. The van der Waals surface area contributed by atoms with Crippen LogP contribution >= 0.6 is 0 Å². The van der Waals surface area contributed by atoms with Crippen LogP contribution in [0, 0.1) is 11.8 Å². The molecular formula is C23H28O5. The van der Waals surface area contributed by atoms with Crippen molar-refractivity contribution in [3.8, 4) is 11.5 Å². The third-order valence-electron chi connectivity index (χ3n) is 3.88. The van der Waals surface area contributed by atoms with Gasteiger partial charge in [0.25, 0.3) is 0 Å². The zero-order valence-electron chi connectivity index (χ0n) is 16.9. The van der Waals surface area contributed by atoms with Gasteiger partial charge in [-0.3, -0.25) is 0 Å². The van der Waals surface area contributed by atoms with Gasteiger partial charge in [0.1, 0.15) is 11.5 Å². The van der Waals surface area contributed by atoms with Crippen molar-refractivity contribution in [3.63, 3.8) is 0 Å². The standard InChI is InChI=1S/C23H28O5/c1-16(2)12-13-26-21-7-5-6-19(14-21)23(25)28-20-10-8-18(9-11-20)22(24)27-15-17(3)4/h5-11,14,16-17H,12-13,15H2,1-4H3. The summed E-state index contributed by atoms with van der Waals surface area (Å²) in [6.07, 6.45) is 0.945. The van der Waals surface area contributed by atoms with Gasteiger partial charge in [0.15, 0.2) is 0 Å². The quantitative estimate of drug-likeness (QED) is 0.442. The lowest BCUT2D eigenvalue weighted by molar-refractivity contribution is 0.0459. The molecule has 150 valence electrons. The van der Waals surface area contributed by atoms with Gasteiger partial charge < -0.3 is 14.2 Å². The average Bonchev–Trinajstić information content (AvgIpc) is 2.66. The lowest BCUT2D eigenvalue weighted by Gasteiger charge is -2.10. The SMILES string of the molecule is CC(C)CCOc1cccc(C(=O)Oc2ccc(C(=O)OCC(C)C)cc2)c1. The fourth-order valence-corrected chi connectivity index (χ4v) is 2.28. The van der Waals surface area contributed by atoms with Crippen LogP contribution in [0.2, 0.25) is 0 Å². The molecule has 0 aliphatic heterocycles. The number of carbonyl (C=O) groups excluding carboxylic acids is 2. The topological polar surface area (TPSA) is 61.8 Å². The van der Waals surface area contributed by atoms with Crippen LogP contribution in [-0.4, -0.2) is 25.2 Å². The zero-order chi connectivity index (χ0) is 20.5. The summed E-state index contributed by atoms with van der Waals surface area (Å²) in [4.78, 5) is 24.3. The number of carbonyl (C=O) groups is 2. The Bertz CT molecular complexity index is 778. The van der Waals surface area contributed by atoms with Gasteiger partial charge in [0.2, 0.25) is 0 Å². The van der Waals surface area contributed by atoms with Crippen LogP contribution in [-0.2, 0) is 4.74 Å². The smallest absolute Gasteiger partial charge is 0.343 e. The monoisotopic (exact) mass is 384 g/mol. The fourth-order valence-electron chi connectivity index (χ4n) is 2.28. The maximum atomic E-state index is 12.4. The van der Waals surface area contributed by atoms with Crippen molar-refractivity contribution in [3.05, 3.63) is 59.7 Å². The number of benzene rings is 2. The predicted octanol–water partition coefficient (Wildman–Crippen LogP) is 5.14. The maximum absolute atomic E-state index is 12.4. The van der Waals surface area contributed by atoms with Crippen molar-refractivity contribution in [2.45, 2.75) is 34.1 Å². The second-order valence-electron chi connectivity index (χ2n) is 7.47. The number of rotatable bonds is 9. The Balaban J connectivity index is 1.94. The number of ether oxygens (including phenoxy) is 3. The van der Waals surface area contributed by atoms with E-state index in [0.717, 1.165) is 6.42 Å². The van der Waals surface area contributed by atoms with E-state index in [-0.39, 0.29) is 5.92 Å². The third kappa shape index (κ3) is 7.06. The van der Waals surface area contributed by atoms with E-state index in [1.54, 1.807) is 42.5 Å². The number of hydrogen-bond acceptors (Lipinski definition) is 5. The van der Waals surface area contributed by atoms with E-state index >= 15 is 0 Å². The maximum Gasteiger partial charge on any atom is 0.343 e. The first-order valence-electron chi connectivity index (χ1n) is 9.57. The molecule has 0 aliphatic rings. The van der Waals surface area contributed by atoms with Crippen LogP contribution in [0.25, 0.3) is 0 Å². The molecule has 5 nitrogen and oxygen atoms in total. The molecule has 0 fully saturated rings. The normalized spacial score (nSPS) is 10.8. The molecule has 5 heteroatoms. The molecule has 0 bridgehead atoms. The molecule has 0 aromatic heterocycles. The van der Waals surface area contributed by atoms with E-state index in [0.29, 0.717) is 41.8 Å². The Morgan fingerprint density at radius 1 is 0.821 bits per heavy atom. The van der Waals surface area contributed by atoms with Crippen molar-refractivity contribution in [1.82, 2.24) is 0 Å². The minimum atomic E-state index is -0.482. The summed E-state index contributed by atoms with van der Waals surface area (Å²) < 4.78 is 16.2. The van der Waals surface area contributed by atoms with Gasteiger partial charge in [-0.15, -0.1) is 0 Å². The summed E-state index contributed by atoms with van der Waals surface area (Å²) in [7, 11) is 0. The molecule has 0 saturated carbocycles. The molecule has 0 radical (unpaired) electrons. The summed E-state index contributed by atoms with van der Waals surface area (Å²) in [6.45, 7) is 9.18. The molecule has 0 spiro atoms. The Morgan fingerprint density at radius 2 is 1.54 bits per heavy atom. The summed E-state index contributed by atoms with van der Waals surface area (Å²) in [5.41, 5.74) is 0.823. The Labute approximate surface area is 166 Å². The molecule has 0 atom stereocenters. The molecule has 0 N–H and O–H groups in total. The van der Waals surface area contributed by atoms with Crippen LogP contribution in [0.3, 0.4) is 0 Å². The van der Waals surface area contributed by atoms with Gasteiger partial charge in [0.05, 0.1) is 24.3 Å². The van der Waals surface area contributed by atoms with Crippen LogP contribution < -0.4 is 9.47 Å². The van der Waals surface area contributed by atoms with Crippen molar-refractivity contribution >= 4 is 11.9 Å². The largest absolute Gasteiger partial charge is 0.494 e. The second kappa shape index (κ2) is 10.5. The lowest BCUT2D eigenvalue weighted by atomic mass is 10.1. The van der Waals surface area contributed by atoms with E-state index in [4.69, 9.17) is 14.2 Å². The molecule has 0 heterocycles. The van der Waals surface area contributed by atoms with Crippen molar-refractivity contribution in [2.75, 3.05) is 13.2 Å². The first-order chi connectivity index (χ1) is 13.3. The fraction of sp³-hybridized carbons (Fsp3) is 0.391. The highest BCUT2D eigenvalue weighted by Crippen LogP contribution is 2.18. The molecule has 0 unspecified atom stereocenters. The van der Waals surface area contributed by atoms with Gasteiger partial charge in [-0.1, -0.05) is 33.8 Å². The molecular weight excluding hydrogens is 356 g/mol. The Morgan fingerprint density at radius 3 is 2.18 bits per heavy atom. The van der Waals surface area contributed by atoms with E-state index < -0.39 is 11.9 Å². The first-order valence-corrected chi connectivity index (χ1v) is 9.57. The number of hydrogen-bond donors (Lipinski definition) is 0. The predicted molar refractivity (Wildman–Crippen MR) is 108 cm³/mol. The molecule has 28 heavy (non-hydrogen) atoms. The molecule has 2 rings (SSSR count). The lowest BCUT2D eigenvalue weighted by Crippen LogP contribution is -2.11. The first kappa shape index (κ1) is 21.5. The van der Waals surface area contributed by atoms with Crippen LogP contribution in [0.15, 0.2) is 48.5 Å². The summed E-state index contributed by atoms with van der Waals surface area (Å²) in [5, 5.41) is 0. The van der Waals surface area contributed by atoms with Crippen molar-refractivity contribution < 1.29 is 23.8 Å². The minimum absolute atomic E-state index is 0.272. The van der Waals surface area contributed by atoms with Crippen LogP contribution in [0.4, 0.5) is 0 Å². The van der Waals surface area contributed by atoms with Crippen molar-refractivity contribution in [1.29, 1.82) is 0 Å². The summed E-state index contributed by atoms with van der Waals surface area (Å²) in [6, 6.07) is 13.2. The third-order valence-corrected chi connectivity index (χ3v) is 3.88. The Kier molecular flexibility index (Phi) is 8.05. The highest BCUT2D eigenvalue weighted by atomic mass is 16.5. The van der Waals surface area contributed by atoms with E-state index in [9.17, 15) is 9.59 Å². The van der Waals surface area contributed by atoms with Gasteiger partial charge in [-0.25, -0.2) is 9.59 Å². The molecule has 2 aromatic carbocycles. The average molecular weight is 384 g/mol. The second-order valence-corrected chi connectivity index (χ2v) is 7.47. The summed E-state index contributed by atoms with van der Waals surface area (Å²) >= 11 is 0. The van der Waals surface area contributed by atoms with E-state index in [1.807, 2.05) is 19.9 Å². The minimum Gasteiger partial charge on any atom is -0.494 e.